The molecule has 0 saturated carbocycles. The summed E-state index contributed by atoms with van der Waals surface area (Å²) >= 11 is 1.99. The Morgan fingerprint density at radius 3 is 2.44 bits per heavy atom. The Morgan fingerprint density at radius 1 is 1.33 bits per heavy atom. The second-order valence-electron chi connectivity index (χ2n) is 6.48. The Bertz CT molecular complexity index is 234. The zero-order valence-corrected chi connectivity index (χ0v) is 13.1. The first-order chi connectivity index (χ1) is 8.37. The number of thioether (sulfide) groups is 1. The molecule has 3 nitrogen and oxygen atoms in total. The van der Waals surface area contributed by atoms with Gasteiger partial charge in [-0.3, -0.25) is 0 Å². The molecule has 18 heavy (non-hydrogen) atoms. The third-order valence-corrected chi connectivity index (χ3v) is 5.01. The molecule has 1 heterocycles. The second-order valence-corrected chi connectivity index (χ2v) is 8.32. The molecule has 0 spiro atoms. The maximum absolute atomic E-state index is 9.61. The fourth-order valence-electron chi connectivity index (χ4n) is 2.02. The zero-order chi connectivity index (χ0) is 13.6. The van der Waals surface area contributed by atoms with Gasteiger partial charge in [-0.1, -0.05) is 20.8 Å². The van der Waals surface area contributed by atoms with E-state index in [1.54, 1.807) is 0 Å². The number of hydrogen-bond acceptors (Lipinski definition) is 4. The SMILES string of the molecule is C[C@@H](CSC(C)(C)C)NCC1(CO)CCOCC1. The molecule has 1 aliphatic heterocycles. The molecule has 1 saturated heterocycles. The van der Waals surface area contributed by atoms with Gasteiger partial charge in [-0.25, -0.2) is 0 Å². The van der Waals surface area contributed by atoms with E-state index in [1.165, 1.54) is 0 Å². The number of aliphatic hydroxyl groups is 1. The number of hydrogen-bond donors (Lipinski definition) is 2. The predicted molar refractivity (Wildman–Crippen MR) is 79.2 cm³/mol. The van der Waals surface area contributed by atoms with Gasteiger partial charge in [0.2, 0.25) is 0 Å². The minimum Gasteiger partial charge on any atom is -0.396 e. The average molecular weight is 275 g/mol. The molecule has 4 heteroatoms. The van der Waals surface area contributed by atoms with E-state index in [2.05, 4.69) is 33.0 Å². The van der Waals surface area contributed by atoms with Crippen LogP contribution >= 0.6 is 11.8 Å². The van der Waals surface area contributed by atoms with Gasteiger partial charge in [0, 0.05) is 41.7 Å². The van der Waals surface area contributed by atoms with Gasteiger partial charge in [-0.2, -0.15) is 11.8 Å². The molecule has 0 aromatic rings. The fraction of sp³-hybridized carbons (Fsp3) is 1.00. The van der Waals surface area contributed by atoms with Crippen LogP contribution in [-0.4, -0.2) is 48.0 Å². The molecular formula is C14H29NO2S. The summed E-state index contributed by atoms with van der Waals surface area (Å²) in [5, 5.41) is 13.2. The van der Waals surface area contributed by atoms with Crippen molar-refractivity contribution >= 4 is 11.8 Å². The lowest BCUT2D eigenvalue weighted by Gasteiger charge is -2.36. The van der Waals surface area contributed by atoms with Crippen molar-refractivity contribution in [3.8, 4) is 0 Å². The molecule has 0 aliphatic carbocycles. The average Bonchev–Trinajstić information content (AvgIpc) is 2.34. The third-order valence-electron chi connectivity index (χ3n) is 3.48. The highest BCUT2D eigenvalue weighted by Crippen LogP contribution is 2.29. The van der Waals surface area contributed by atoms with E-state index in [9.17, 15) is 5.11 Å². The van der Waals surface area contributed by atoms with E-state index in [-0.39, 0.29) is 12.0 Å². The van der Waals surface area contributed by atoms with E-state index in [4.69, 9.17) is 4.74 Å². The number of ether oxygens (including phenoxy) is 1. The first-order valence-corrected chi connectivity index (χ1v) is 7.91. The van der Waals surface area contributed by atoms with Crippen LogP contribution in [0.3, 0.4) is 0 Å². The molecule has 0 radical (unpaired) electrons. The van der Waals surface area contributed by atoms with Crippen LogP contribution in [0.15, 0.2) is 0 Å². The largest absolute Gasteiger partial charge is 0.396 e. The molecule has 1 atom stereocenters. The van der Waals surface area contributed by atoms with Crippen molar-refractivity contribution < 1.29 is 9.84 Å². The lowest BCUT2D eigenvalue weighted by Crippen LogP contribution is -2.45. The maximum atomic E-state index is 9.61. The Hall–Kier alpha value is 0.230. The molecule has 0 unspecified atom stereocenters. The molecular weight excluding hydrogens is 246 g/mol. The summed E-state index contributed by atoms with van der Waals surface area (Å²) in [7, 11) is 0. The lowest BCUT2D eigenvalue weighted by atomic mass is 9.81. The summed E-state index contributed by atoms with van der Waals surface area (Å²) in [6.45, 7) is 11.7. The van der Waals surface area contributed by atoms with Crippen molar-refractivity contribution in [2.45, 2.75) is 51.3 Å². The Labute approximate surface area is 116 Å². The molecule has 0 bridgehead atoms. The van der Waals surface area contributed by atoms with Crippen LogP contribution in [0.25, 0.3) is 0 Å². The molecule has 108 valence electrons. The fourth-order valence-corrected chi connectivity index (χ4v) is 2.89. The molecule has 0 aromatic heterocycles. The van der Waals surface area contributed by atoms with Gasteiger partial charge in [0.15, 0.2) is 0 Å². The summed E-state index contributed by atoms with van der Waals surface area (Å²) in [5.41, 5.74) is 0.0406. The number of rotatable bonds is 6. The highest BCUT2D eigenvalue weighted by Gasteiger charge is 2.32. The summed E-state index contributed by atoms with van der Waals surface area (Å²) in [6.07, 6.45) is 1.94. The first-order valence-electron chi connectivity index (χ1n) is 6.93. The minimum atomic E-state index is 0.0406. The molecule has 0 amide bonds. The van der Waals surface area contributed by atoms with Crippen molar-refractivity contribution in [3.05, 3.63) is 0 Å². The van der Waals surface area contributed by atoms with E-state index in [1.807, 2.05) is 11.8 Å². The third kappa shape index (κ3) is 5.91. The second kappa shape index (κ2) is 7.13. The smallest absolute Gasteiger partial charge is 0.0501 e. The van der Waals surface area contributed by atoms with Gasteiger partial charge >= 0.3 is 0 Å². The van der Waals surface area contributed by atoms with E-state index in [0.29, 0.717) is 10.8 Å². The lowest BCUT2D eigenvalue weighted by molar-refractivity contribution is -0.0160. The van der Waals surface area contributed by atoms with Crippen molar-refractivity contribution in [2.75, 3.05) is 32.1 Å². The van der Waals surface area contributed by atoms with Crippen molar-refractivity contribution in [3.63, 3.8) is 0 Å². The van der Waals surface area contributed by atoms with E-state index < -0.39 is 0 Å². The van der Waals surface area contributed by atoms with Crippen LogP contribution in [0, 0.1) is 5.41 Å². The zero-order valence-electron chi connectivity index (χ0n) is 12.3. The molecule has 2 N–H and O–H groups in total. The molecule has 1 fully saturated rings. The molecule has 1 rings (SSSR count). The standard InChI is InChI=1S/C14H29NO2S/c1-12(9-18-13(2,3)4)15-10-14(11-16)5-7-17-8-6-14/h12,15-16H,5-11H2,1-4H3/t12-/m0/s1. The Morgan fingerprint density at radius 2 is 1.94 bits per heavy atom. The Kier molecular flexibility index (Phi) is 6.45. The highest BCUT2D eigenvalue weighted by molar-refractivity contribution is 8.00. The van der Waals surface area contributed by atoms with Gasteiger partial charge < -0.3 is 15.2 Å². The Balaban J connectivity index is 2.29. The van der Waals surface area contributed by atoms with Gasteiger partial charge in [0.1, 0.15) is 0 Å². The normalized spacial score (nSPS) is 21.8. The van der Waals surface area contributed by atoms with Gasteiger partial charge in [-0.05, 0) is 19.8 Å². The highest BCUT2D eigenvalue weighted by atomic mass is 32.2. The quantitative estimate of drug-likeness (QED) is 0.780. The van der Waals surface area contributed by atoms with Crippen LogP contribution in [0.4, 0.5) is 0 Å². The topological polar surface area (TPSA) is 41.5 Å². The minimum absolute atomic E-state index is 0.0406. The maximum Gasteiger partial charge on any atom is 0.0501 e. The van der Waals surface area contributed by atoms with Crippen LogP contribution in [0.2, 0.25) is 0 Å². The summed E-state index contributed by atoms with van der Waals surface area (Å²) in [6, 6.07) is 0.487. The monoisotopic (exact) mass is 275 g/mol. The van der Waals surface area contributed by atoms with Crippen LogP contribution in [-0.2, 0) is 4.74 Å². The number of aliphatic hydroxyl groups excluding tert-OH is 1. The van der Waals surface area contributed by atoms with Crippen LogP contribution in [0.5, 0.6) is 0 Å². The van der Waals surface area contributed by atoms with Crippen molar-refractivity contribution in [2.24, 2.45) is 5.41 Å². The summed E-state index contributed by atoms with van der Waals surface area (Å²) in [4.78, 5) is 0. The van der Waals surface area contributed by atoms with Gasteiger partial charge in [-0.15, -0.1) is 0 Å². The molecule has 0 aromatic carbocycles. The van der Waals surface area contributed by atoms with Crippen molar-refractivity contribution in [1.29, 1.82) is 0 Å². The van der Waals surface area contributed by atoms with E-state index in [0.717, 1.165) is 38.4 Å². The van der Waals surface area contributed by atoms with E-state index >= 15 is 0 Å². The summed E-state index contributed by atoms with van der Waals surface area (Å²) < 4.78 is 5.71. The predicted octanol–water partition coefficient (Wildman–Crippen LogP) is 2.29. The summed E-state index contributed by atoms with van der Waals surface area (Å²) in [5.74, 6) is 1.11. The first kappa shape index (κ1) is 16.3. The number of nitrogens with one attached hydrogen (secondary N) is 1. The molecule has 1 aliphatic rings. The van der Waals surface area contributed by atoms with Gasteiger partial charge in [0.05, 0.1) is 6.61 Å². The van der Waals surface area contributed by atoms with Crippen LogP contribution < -0.4 is 5.32 Å². The van der Waals surface area contributed by atoms with Gasteiger partial charge in [0.25, 0.3) is 0 Å². The van der Waals surface area contributed by atoms with Crippen LogP contribution in [0.1, 0.15) is 40.5 Å². The van der Waals surface area contributed by atoms with Crippen molar-refractivity contribution in [1.82, 2.24) is 5.32 Å².